The summed E-state index contributed by atoms with van der Waals surface area (Å²) in [6.07, 6.45) is 0. The first kappa shape index (κ1) is 18.2. The number of amides is 1. The predicted molar refractivity (Wildman–Crippen MR) is 97.7 cm³/mol. The summed E-state index contributed by atoms with van der Waals surface area (Å²) in [4.78, 5) is 12.3. The van der Waals surface area contributed by atoms with Crippen molar-refractivity contribution in [2.45, 2.75) is 13.0 Å². The Morgan fingerprint density at radius 2 is 1.58 bits per heavy atom. The topological polar surface area (TPSA) is 59.6 Å². The van der Waals surface area contributed by atoms with Gasteiger partial charge in [0.1, 0.15) is 6.04 Å². The van der Waals surface area contributed by atoms with Crippen LogP contribution in [0, 0.1) is 0 Å². The fourth-order valence-electron chi connectivity index (χ4n) is 2.12. The van der Waals surface area contributed by atoms with Crippen LogP contribution >= 0.6 is 23.2 Å². The van der Waals surface area contributed by atoms with E-state index in [9.17, 15) is 4.79 Å². The van der Waals surface area contributed by atoms with Gasteiger partial charge >= 0.3 is 0 Å². The van der Waals surface area contributed by atoms with Gasteiger partial charge in [-0.3, -0.25) is 4.79 Å². The van der Waals surface area contributed by atoms with Gasteiger partial charge in [-0.25, -0.2) is 0 Å². The smallest absolute Gasteiger partial charge is 0.246 e. The molecule has 2 rings (SSSR count). The van der Waals surface area contributed by atoms with Crippen molar-refractivity contribution < 1.29 is 14.3 Å². The predicted octanol–water partition coefficient (Wildman–Crippen LogP) is 4.45. The van der Waals surface area contributed by atoms with Crippen LogP contribution in [0.5, 0.6) is 11.5 Å². The fourth-order valence-corrected chi connectivity index (χ4v) is 2.64. The number of methoxy groups -OCH3 is 2. The second kappa shape index (κ2) is 8.13. The molecular formula is C17H18Cl2N2O3. The first-order valence-electron chi connectivity index (χ1n) is 7.18. The Labute approximate surface area is 150 Å². The van der Waals surface area contributed by atoms with Crippen molar-refractivity contribution in [3.8, 4) is 11.5 Å². The van der Waals surface area contributed by atoms with Crippen LogP contribution in [0.3, 0.4) is 0 Å². The van der Waals surface area contributed by atoms with Gasteiger partial charge in [-0.05, 0) is 37.3 Å². The lowest BCUT2D eigenvalue weighted by molar-refractivity contribution is -0.116. The molecule has 0 radical (unpaired) electrons. The number of ether oxygens (including phenoxy) is 2. The number of anilines is 2. The molecule has 5 nitrogen and oxygen atoms in total. The third-order valence-corrected chi connectivity index (χ3v) is 3.73. The maximum Gasteiger partial charge on any atom is 0.246 e. The summed E-state index contributed by atoms with van der Waals surface area (Å²) < 4.78 is 10.4. The lowest BCUT2D eigenvalue weighted by Crippen LogP contribution is -2.31. The normalized spacial score (nSPS) is 11.5. The molecule has 0 aliphatic carbocycles. The van der Waals surface area contributed by atoms with E-state index in [2.05, 4.69) is 10.6 Å². The Hall–Kier alpha value is -2.11. The zero-order chi connectivity index (χ0) is 17.7. The molecule has 0 bridgehead atoms. The molecule has 2 N–H and O–H groups in total. The molecule has 0 unspecified atom stereocenters. The fraction of sp³-hybridized carbons (Fsp3) is 0.235. The Balaban J connectivity index is 2.06. The van der Waals surface area contributed by atoms with Crippen LogP contribution in [0.25, 0.3) is 0 Å². The summed E-state index contributed by atoms with van der Waals surface area (Å²) in [5, 5.41) is 6.79. The molecule has 1 amide bonds. The monoisotopic (exact) mass is 368 g/mol. The van der Waals surface area contributed by atoms with Gasteiger partial charge in [0.25, 0.3) is 0 Å². The molecule has 0 aliphatic heterocycles. The highest BCUT2D eigenvalue weighted by atomic mass is 35.5. The van der Waals surface area contributed by atoms with E-state index in [1.165, 1.54) is 0 Å². The molecule has 128 valence electrons. The van der Waals surface area contributed by atoms with Gasteiger partial charge in [0.05, 0.1) is 14.2 Å². The molecule has 0 saturated heterocycles. The molecule has 0 fully saturated rings. The van der Waals surface area contributed by atoms with Crippen molar-refractivity contribution in [2.75, 3.05) is 24.9 Å². The highest BCUT2D eigenvalue weighted by Crippen LogP contribution is 2.30. The van der Waals surface area contributed by atoms with Crippen molar-refractivity contribution in [1.29, 1.82) is 0 Å². The standard InChI is InChI=1S/C17H18Cl2N2O3/c1-10(17(22)21-14-7-11(18)6-12(19)8-14)20-13-4-5-15(23-2)16(9-13)24-3/h4-10,20H,1-3H3,(H,21,22)/t10-/m0/s1. The van der Waals surface area contributed by atoms with E-state index < -0.39 is 6.04 Å². The second-order valence-corrected chi connectivity index (χ2v) is 5.96. The van der Waals surface area contributed by atoms with Crippen molar-refractivity contribution >= 4 is 40.5 Å². The summed E-state index contributed by atoms with van der Waals surface area (Å²) in [5.41, 5.74) is 1.28. The SMILES string of the molecule is COc1ccc(N[C@@H](C)C(=O)Nc2cc(Cl)cc(Cl)c2)cc1OC. The van der Waals surface area contributed by atoms with Crippen LogP contribution in [0.2, 0.25) is 10.0 Å². The van der Waals surface area contributed by atoms with Crippen LogP contribution in [-0.2, 0) is 4.79 Å². The van der Waals surface area contributed by atoms with Crippen LogP contribution in [0.4, 0.5) is 11.4 Å². The average molecular weight is 369 g/mol. The Bertz CT molecular complexity index is 718. The quantitative estimate of drug-likeness (QED) is 0.790. The van der Waals surface area contributed by atoms with Gasteiger partial charge < -0.3 is 20.1 Å². The van der Waals surface area contributed by atoms with Crippen molar-refractivity contribution in [1.82, 2.24) is 0 Å². The number of halogens is 2. The van der Waals surface area contributed by atoms with E-state index >= 15 is 0 Å². The van der Waals surface area contributed by atoms with E-state index in [4.69, 9.17) is 32.7 Å². The van der Waals surface area contributed by atoms with Crippen molar-refractivity contribution in [2.24, 2.45) is 0 Å². The van der Waals surface area contributed by atoms with Gasteiger partial charge in [-0.15, -0.1) is 0 Å². The van der Waals surface area contributed by atoms with Crippen LogP contribution in [-0.4, -0.2) is 26.2 Å². The molecule has 2 aromatic rings. The van der Waals surface area contributed by atoms with Crippen LogP contribution in [0.1, 0.15) is 6.92 Å². The molecule has 0 aliphatic rings. The number of carbonyl (C=O) groups excluding carboxylic acids is 1. The number of benzene rings is 2. The minimum absolute atomic E-state index is 0.219. The molecule has 0 heterocycles. The third kappa shape index (κ3) is 4.69. The Morgan fingerprint density at radius 3 is 2.17 bits per heavy atom. The largest absolute Gasteiger partial charge is 0.493 e. The number of rotatable bonds is 6. The first-order valence-corrected chi connectivity index (χ1v) is 7.94. The molecule has 0 aromatic heterocycles. The summed E-state index contributed by atoms with van der Waals surface area (Å²) in [6.45, 7) is 1.75. The summed E-state index contributed by atoms with van der Waals surface area (Å²) in [7, 11) is 3.12. The lowest BCUT2D eigenvalue weighted by Gasteiger charge is -2.17. The number of hydrogen-bond acceptors (Lipinski definition) is 4. The summed E-state index contributed by atoms with van der Waals surface area (Å²) >= 11 is 11.9. The highest BCUT2D eigenvalue weighted by Gasteiger charge is 2.14. The van der Waals surface area contributed by atoms with E-state index in [1.807, 2.05) is 0 Å². The van der Waals surface area contributed by atoms with Crippen molar-refractivity contribution in [3.05, 3.63) is 46.4 Å². The summed E-state index contributed by atoms with van der Waals surface area (Å²) in [6, 6.07) is 9.72. The maximum absolute atomic E-state index is 12.3. The molecular weight excluding hydrogens is 351 g/mol. The van der Waals surface area contributed by atoms with Crippen LogP contribution in [0.15, 0.2) is 36.4 Å². The molecule has 1 atom stereocenters. The molecule has 0 spiro atoms. The lowest BCUT2D eigenvalue weighted by atomic mass is 10.2. The zero-order valence-electron chi connectivity index (χ0n) is 13.5. The van der Waals surface area contributed by atoms with Gasteiger partial charge in [-0.2, -0.15) is 0 Å². The minimum Gasteiger partial charge on any atom is -0.493 e. The minimum atomic E-state index is -0.485. The Kier molecular flexibility index (Phi) is 6.17. The highest BCUT2D eigenvalue weighted by molar-refractivity contribution is 6.35. The van der Waals surface area contributed by atoms with Gasteiger partial charge in [0, 0.05) is 27.5 Å². The van der Waals surface area contributed by atoms with E-state index in [1.54, 1.807) is 57.5 Å². The zero-order valence-corrected chi connectivity index (χ0v) is 15.0. The molecule has 0 saturated carbocycles. The Morgan fingerprint density at radius 1 is 0.958 bits per heavy atom. The molecule has 2 aromatic carbocycles. The maximum atomic E-state index is 12.3. The molecule has 7 heteroatoms. The van der Waals surface area contributed by atoms with Crippen LogP contribution < -0.4 is 20.1 Å². The third-order valence-electron chi connectivity index (χ3n) is 3.29. The second-order valence-electron chi connectivity index (χ2n) is 5.08. The van der Waals surface area contributed by atoms with E-state index in [0.717, 1.165) is 5.69 Å². The number of hydrogen-bond donors (Lipinski definition) is 2. The average Bonchev–Trinajstić information content (AvgIpc) is 2.53. The van der Waals surface area contributed by atoms with Gasteiger partial charge in [-0.1, -0.05) is 23.2 Å². The molecule has 24 heavy (non-hydrogen) atoms. The van der Waals surface area contributed by atoms with Crippen molar-refractivity contribution in [3.63, 3.8) is 0 Å². The summed E-state index contributed by atoms with van der Waals surface area (Å²) in [5.74, 6) is 0.980. The number of carbonyl (C=O) groups is 1. The van der Waals surface area contributed by atoms with Gasteiger partial charge in [0.2, 0.25) is 5.91 Å². The van der Waals surface area contributed by atoms with E-state index in [-0.39, 0.29) is 5.91 Å². The number of nitrogens with one attached hydrogen (secondary N) is 2. The first-order chi connectivity index (χ1) is 11.4. The van der Waals surface area contributed by atoms with E-state index in [0.29, 0.717) is 27.2 Å². The van der Waals surface area contributed by atoms with Gasteiger partial charge in [0.15, 0.2) is 11.5 Å².